The minimum atomic E-state index is -5.08. The van der Waals surface area contributed by atoms with Gasteiger partial charge >= 0.3 is 18.1 Å². The first-order valence-electron chi connectivity index (χ1n) is 12.5. The molecule has 2 aliphatic heterocycles. The van der Waals surface area contributed by atoms with Gasteiger partial charge in [-0.25, -0.2) is 14.0 Å². The van der Waals surface area contributed by atoms with E-state index < -0.39 is 29.8 Å². The number of aliphatic carboxylic acids is 1. The maximum atomic E-state index is 13.1. The van der Waals surface area contributed by atoms with Crippen LogP contribution in [0.2, 0.25) is 0 Å². The van der Waals surface area contributed by atoms with E-state index in [2.05, 4.69) is 10.2 Å². The van der Waals surface area contributed by atoms with Gasteiger partial charge in [0.25, 0.3) is 5.91 Å². The van der Waals surface area contributed by atoms with Crippen LogP contribution in [0, 0.1) is 5.82 Å². The van der Waals surface area contributed by atoms with Crippen molar-refractivity contribution in [2.75, 3.05) is 43.2 Å². The number of carbonyl (C=O) groups excluding carboxylic acids is 1. The Balaban J connectivity index is 0.000000517. The molecule has 3 aromatic carbocycles. The number of carbonyl (C=O) groups is 3. The highest BCUT2D eigenvalue weighted by Crippen LogP contribution is 2.33. The van der Waals surface area contributed by atoms with Crippen LogP contribution in [0.1, 0.15) is 26.3 Å². The number of carboxylic acid groups (broad SMARTS) is 2. The Hall–Kier alpha value is -4.85. The Kier molecular flexibility index (Phi) is 9.15. The maximum Gasteiger partial charge on any atom is 0.490 e. The standard InChI is InChI=1S/C26H24FN3O5.C2HF3O2/c27-19-4-2-18(3-5-19)25(31)28-20-6-7-22(21(14-20)26(32)33)30-11-9-29(10-12-30)15-17-1-8-23-24(13-17)35-16-34-23;3-2(4,5)1(6)7/h1-8,13-14H,9-12,15-16H2,(H,28,31)(H,32,33);(H,6,7). The zero-order chi connectivity index (χ0) is 30.4. The van der Waals surface area contributed by atoms with Crippen molar-refractivity contribution in [1.82, 2.24) is 4.90 Å². The van der Waals surface area contributed by atoms with E-state index in [0.29, 0.717) is 24.5 Å². The van der Waals surface area contributed by atoms with Gasteiger partial charge in [0.15, 0.2) is 11.5 Å². The molecule has 3 N–H and O–H groups in total. The molecule has 2 aliphatic rings. The van der Waals surface area contributed by atoms with E-state index in [0.717, 1.165) is 36.7 Å². The summed E-state index contributed by atoms with van der Waals surface area (Å²) in [6, 6.07) is 16.0. The summed E-state index contributed by atoms with van der Waals surface area (Å²) in [5, 5.41) is 19.6. The van der Waals surface area contributed by atoms with Gasteiger partial charge in [0, 0.05) is 44.0 Å². The molecule has 0 aromatic heterocycles. The van der Waals surface area contributed by atoms with E-state index in [-0.39, 0.29) is 17.9 Å². The number of ether oxygens (including phenoxy) is 2. The first-order chi connectivity index (χ1) is 19.9. The van der Waals surface area contributed by atoms with Crippen LogP contribution in [0.25, 0.3) is 0 Å². The van der Waals surface area contributed by atoms with Gasteiger partial charge in [-0.2, -0.15) is 13.2 Å². The molecule has 0 atom stereocenters. The number of nitrogens with one attached hydrogen (secondary N) is 1. The first-order valence-corrected chi connectivity index (χ1v) is 12.5. The highest BCUT2D eigenvalue weighted by molar-refractivity contribution is 6.05. The van der Waals surface area contributed by atoms with Crippen molar-refractivity contribution < 1.29 is 51.6 Å². The largest absolute Gasteiger partial charge is 0.490 e. The van der Waals surface area contributed by atoms with Gasteiger partial charge in [-0.15, -0.1) is 0 Å². The number of rotatable bonds is 6. The van der Waals surface area contributed by atoms with Crippen molar-refractivity contribution >= 4 is 29.2 Å². The average molecular weight is 592 g/mol. The molecule has 14 heteroatoms. The molecule has 0 spiro atoms. The van der Waals surface area contributed by atoms with Crippen LogP contribution in [0.4, 0.5) is 28.9 Å². The van der Waals surface area contributed by atoms with Gasteiger partial charge < -0.3 is 29.9 Å². The molecule has 10 nitrogen and oxygen atoms in total. The second-order valence-electron chi connectivity index (χ2n) is 9.25. The molecule has 42 heavy (non-hydrogen) atoms. The van der Waals surface area contributed by atoms with Gasteiger partial charge in [-0.1, -0.05) is 6.07 Å². The molecule has 5 rings (SSSR count). The Labute approximate surface area is 236 Å². The average Bonchev–Trinajstić information content (AvgIpc) is 3.42. The summed E-state index contributed by atoms with van der Waals surface area (Å²) in [5.41, 5.74) is 2.51. The third-order valence-corrected chi connectivity index (χ3v) is 6.39. The predicted octanol–water partition coefficient (Wildman–Crippen LogP) is 4.46. The zero-order valence-corrected chi connectivity index (χ0v) is 21.9. The number of amides is 1. The number of benzene rings is 3. The molecule has 0 bridgehead atoms. The number of alkyl halides is 3. The van der Waals surface area contributed by atoms with Crippen molar-refractivity contribution in [3.8, 4) is 11.5 Å². The topological polar surface area (TPSA) is 129 Å². The van der Waals surface area contributed by atoms with E-state index in [1.54, 1.807) is 12.1 Å². The molecule has 0 unspecified atom stereocenters. The number of aromatic carboxylic acids is 1. The fourth-order valence-corrected chi connectivity index (χ4v) is 4.31. The second kappa shape index (κ2) is 12.8. The summed E-state index contributed by atoms with van der Waals surface area (Å²) >= 11 is 0. The molecule has 3 aromatic rings. The second-order valence-corrected chi connectivity index (χ2v) is 9.25. The molecule has 0 radical (unpaired) electrons. The lowest BCUT2D eigenvalue weighted by Crippen LogP contribution is -2.46. The lowest BCUT2D eigenvalue weighted by atomic mass is 10.1. The number of halogens is 4. The van der Waals surface area contributed by atoms with Crippen LogP contribution in [-0.4, -0.2) is 72.1 Å². The quantitative estimate of drug-likeness (QED) is 0.356. The van der Waals surface area contributed by atoms with Gasteiger partial charge in [0.2, 0.25) is 6.79 Å². The normalized spacial score (nSPS) is 14.5. The Morgan fingerprint density at radius 2 is 1.50 bits per heavy atom. The fourth-order valence-electron chi connectivity index (χ4n) is 4.31. The van der Waals surface area contributed by atoms with Gasteiger partial charge in [0.05, 0.1) is 11.3 Å². The summed E-state index contributed by atoms with van der Waals surface area (Å²) in [4.78, 5) is 37.7. The Morgan fingerprint density at radius 3 is 2.12 bits per heavy atom. The maximum absolute atomic E-state index is 13.1. The van der Waals surface area contributed by atoms with E-state index in [1.165, 1.54) is 30.3 Å². The van der Waals surface area contributed by atoms with Gasteiger partial charge in [-0.05, 0) is 60.2 Å². The van der Waals surface area contributed by atoms with E-state index in [9.17, 15) is 32.3 Å². The summed E-state index contributed by atoms with van der Waals surface area (Å²) in [7, 11) is 0. The number of carboxylic acids is 2. The van der Waals surface area contributed by atoms with E-state index in [1.807, 2.05) is 23.1 Å². The minimum absolute atomic E-state index is 0.117. The van der Waals surface area contributed by atoms with Gasteiger partial charge in [0.1, 0.15) is 5.82 Å². The van der Waals surface area contributed by atoms with Crippen molar-refractivity contribution in [3.05, 3.63) is 83.2 Å². The minimum Gasteiger partial charge on any atom is -0.478 e. The monoisotopic (exact) mass is 591 g/mol. The fraction of sp³-hybridized carbons (Fsp3) is 0.250. The lowest BCUT2D eigenvalue weighted by Gasteiger charge is -2.36. The van der Waals surface area contributed by atoms with E-state index in [4.69, 9.17) is 19.4 Å². The molecule has 1 saturated heterocycles. The number of nitrogens with zero attached hydrogens (tertiary/aromatic N) is 2. The van der Waals surface area contributed by atoms with Crippen LogP contribution in [0.3, 0.4) is 0 Å². The molecule has 1 amide bonds. The number of hydrogen-bond donors (Lipinski definition) is 3. The summed E-state index contributed by atoms with van der Waals surface area (Å²) < 4.78 is 55.7. The molecule has 0 saturated carbocycles. The predicted molar refractivity (Wildman–Crippen MR) is 142 cm³/mol. The molecule has 222 valence electrons. The van der Waals surface area contributed by atoms with Crippen molar-refractivity contribution in [3.63, 3.8) is 0 Å². The number of anilines is 2. The van der Waals surface area contributed by atoms with Crippen LogP contribution >= 0.6 is 0 Å². The zero-order valence-electron chi connectivity index (χ0n) is 21.9. The van der Waals surface area contributed by atoms with Crippen LogP contribution in [0.15, 0.2) is 60.7 Å². The lowest BCUT2D eigenvalue weighted by molar-refractivity contribution is -0.192. The van der Waals surface area contributed by atoms with Crippen LogP contribution in [-0.2, 0) is 11.3 Å². The number of hydrogen-bond acceptors (Lipinski definition) is 7. The summed E-state index contributed by atoms with van der Waals surface area (Å²) in [6.07, 6.45) is -5.08. The third kappa shape index (κ3) is 7.66. The number of fused-ring (bicyclic) bond motifs is 1. The molecule has 0 aliphatic carbocycles. The van der Waals surface area contributed by atoms with E-state index >= 15 is 0 Å². The first kappa shape index (κ1) is 30.1. The van der Waals surface area contributed by atoms with Gasteiger partial charge in [-0.3, -0.25) is 9.69 Å². The highest BCUT2D eigenvalue weighted by atomic mass is 19.4. The molecular formula is C28H25F4N3O7. The van der Waals surface area contributed by atoms with Crippen LogP contribution in [0.5, 0.6) is 11.5 Å². The smallest absolute Gasteiger partial charge is 0.478 e. The summed E-state index contributed by atoms with van der Waals surface area (Å²) in [6.45, 7) is 3.91. The third-order valence-electron chi connectivity index (χ3n) is 6.39. The molecule has 2 heterocycles. The van der Waals surface area contributed by atoms with Crippen molar-refractivity contribution in [1.29, 1.82) is 0 Å². The highest BCUT2D eigenvalue weighted by Gasteiger charge is 2.38. The number of piperazine rings is 1. The van der Waals surface area contributed by atoms with Crippen molar-refractivity contribution in [2.45, 2.75) is 12.7 Å². The summed E-state index contributed by atoms with van der Waals surface area (Å²) in [5.74, 6) is -3.18. The Morgan fingerprint density at radius 1 is 0.857 bits per heavy atom. The van der Waals surface area contributed by atoms with Crippen molar-refractivity contribution in [2.24, 2.45) is 0 Å². The SMILES string of the molecule is O=C(Nc1ccc(N2CCN(Cc3ccc4c(c3)OCO4)CC2)c(C(=O)O)c1)c1ccc(F)cc1.O=C(O)C(F)(F)F. The molecule has 1 fully saturated rings. The van der Waals surface area contributed by atoms with Crippen LogP contribution < -0.4 is 19.7 Å². The molecular weight excluding hydrogens is 566 g/mol. The Bertz CT molecular complexity index is 1460.